The zero-order valence-electron chi connectivity index (χ0n) is 9.15. The molecule has 0 radical (unpaired) electrons. The second kappa shape index (κ2) is 4.93. The molecule has 1 heterocycles. The van der Waals surface area contributed by atoms with Gasteiger partial charge >= 0.3 is 5.97 Å². The maximum Gasteiger partial charge on any atom is 0.341 e. The van der Waals surface area contributed by atoms with E-state index in [2.05, 4.69) is 5.10 Å². The van der Waals surface area contributed by atoms with Crippen LogP contribution in [0.5, 0.6) is 0 Å². The molecule has 0 atom stereocenters. The quantitative estimate of drug-likeness (QED) is 0.943. The van der Waals surface area contributed by atoms with Gasteiger partial charge in [-0.15, -0.1) is 0 Å². The van der Waals surface area contributed by atoms with Gasteiger partial charge in [-0.05, 0) is 18.2 Å². The van der Waals surface area contributed by atoms with Crippen molar-refractivity contribution in [2.24, 2.45) is 0 Å². The first-order valence-electron chi connectivity index (χ1n) is 4.97. The summed E-state index contributed by atoms with van der Waals surface area (Å²) in [4.78, 5) is 10.9. The Hall–Kier alpha value is -2.02. The van der Waals surface area contributed by atoms with Crippen LogP contribution in [-0.4, -0.2) is 20.9 Å². The van der Waals surface area contributed by atoms with Crippen LogP contribution in [0.2, 0.25) is 5.15 Å². The molecule has 0 saturated carbocycles. The minimum atomic E-state index is -3.10. The van der Waals surface area contributed by atoms with E-state index in [4.69, 9.17) is 16.7 Å². The van der Waals surface area contributed by atoms with Crippen molar-refractivity contribution in [2.75, 3.05) is 0 Å². The fourth-order valence-corrected chi connectivity index (χ4v) is 1.86. The van der Waals surface area contributed by atoms with Crippen LogP contribution in [0.25, 0.3) is 5.69 Å². The van der Waals surface area contributed by atoms with Crippen LogP contribution in [0.1, 0.15) is 22.5 Å². The van der Waals surface area contributed by atoms with E-state index < -0.39 is 34.6 Å². The smallest absolute Gasteiger partial charge is 0.341 e. The summed E-state index contributed by atoms with van der Waals surface area (Å²) in [6.45, 7) is 0. The van der Waals surface area contributed by atoms with E-state index in [1.54, 1.807) is 0 Å². The monoisotopic (exact) mass is 290 g/mol. The normalized spacial score (nSPS) is 11.0. The Morgan fingerprint density at radius 1 is 1.42 bits per heavy atom. The number of hydrogen-bond acceptors (Lipinski definition) is 2. The molecule has 0 spiro atoms. The van der Waals surface area contributed by atoms with Gasteiger partial charge in [0.25, 0.3) is 6.43 Å². The summed E-state index contributed by atoms with van der Waals surface area (Å²) >= 11 is 5.72. The lowest BCUT2D eigenvalue weighted by molar-refractivity contribution is 0.0684. The number of aromatic carboxylic acids is 1. The highest BCUT2D eigenvalue weighted by atomic mass is 35.5. The fraction of sp³-hybridized carbons (Fsp3) is 0.0909. The number of hydrogen-bond donors (Lipinski definition) is 1. The van der Waals surface area contributed by atoms with Crippen molar-refractivity contribution in [3.63, 3.8) is 0 Å². The molecule has 0 amide bonds. The Balaban J connectivity index is 2.66. The third-order valence-electron chi connectivity index (χ3n) is 2.33. The Morgan fingerprint density at radius 3 is 2.58 bits per heavy atom. The Kier molecular flexibility index (Phi) is 3.48. The standard InChI is InChI=1S/C11H6ClF3N2O2/c12-9-7(11(18)19)8(10(14)15)16-17(9)6-3-1-2-5(13)4-6/h1-4,10H,(H,18,19). The Labute approximate surface area is 110 Å². The fourth-order valence-electron chi connectivity index (χ4n) is 1.54. The van der Waals surface area contributed by atoms with Gasteiger partial charge in [-0.1, -0.05) is 17.7 Å². The van der Waals surface area contributed by atoms with Crippen LogP contribution in [0.4, 0.5) is 13.2 Å². The molecule has 2 aromatic rings. The summed E-state index contributed by atoms with van der Waals surface area (Å²) in [6.07, 6.45) is -3.10. The molecular weight excluding hydrogens is 285 g/mol. The average Bonchev–Trinajstić information content (AvgIpc) is 2.67. The molecule has 19 heavy (non-hydrogen) atoms. The lowest BCUT2D eigenvalue weighted by Crippen LogP contribution is -2.01. The first-order valence-corrected chi connectivity index (χ1v) is 5.35. The molecule has 2 rings (SSSR count). The van der Waals surface area contributed by atoms with Crippen molar-refractivity contribution in [1.29, 1.82) is 0 Å². The summed E-state index contributed by atoms with van der Waals surface area (Å²) in [7, 11) is 0. The highest BCUT2D eigenvalue weighted by Gasteiger charge is 2.28. The molecule has 8 heteroatoms. The topological polar surface area (TPSA) is 55.1 Å². The van der Waals surface area contributed by atoms with Gasteiger partial charge in [0, 0.05) is 0 Å². The average molecular weight is 291 g/mol. The van der Waals surface area contributed by atoms with Crippen molar-refractivity contribution >= 4 is 17.6 Å². The molecule has 0 fully saturated rings. The van der Waals surface area contributed by atoms with Crippen LogP contribution in [0, 0.1) is 5.82 Å². The number of carboxylic acid groups (broad SMARTS) is 1. The van der Waals surface area contributed by atoms with Crippen LogP contribution < -0.4 is 0 Å². The van der Waals surface area contributed by atoms with E-state index in [0.29, 0.717) is 0 Å². The van der Waals surface area contributed by atoms with E-state index in [0.717, 1.165) is 16.8 Å². The van der Waals surface area contributed by atoms with E-state index in [9.17, 15) is 18.0 Å². The van der Waals surface area contributed by atoms with E-state index in [-0.39, 0.29) is 5.69 Å². The summed E-state index contributed by atoms with van der Waals surface area (Å²) in [5.74, 6) is -2.25. The molecule has 4 nitrogen and oxygen atoms in total. The largest absolute Gasteiger partial charge is 0.478 e. The third kappa shape index (κ3) is 2.41. The minimum absolute atomic E-state index is 0.0550. The molecule has 1 aromatic heterocycles. The summed E-state index contributed by atoms with van der Waals surface area (Å²) in [5, 5.41) is 11.8. The second-order valence-electron chi connectivity index (χ2n) is 3.55. The first-order chi connectivity index (χ1) is 8.91. The molecule has 0 aliphatic carbocycles. The predicted octanol–water partition coefficient (Wildman–Crippen LogP) is 3.30. The van der Waals surface area contributed by atoms with Gasteiger partial charge in [0.15, 0.2) is 0 Å². The molecule has 0 bridgehead atoms. The zero-order valence-corrected chi connectivity index (χ0v) is 9.90. The zero-order chi connectivity index (χ0) is 14.2. The van der Waals surface area contributed by atoms with Crippen molar-refractivity contribution in [3.8, 4) is 5.69 Å². The van der Waals surface area contributed by atoms with E-state index in [1.165, 1.54) is 12.1 Å². The minimum Gasteiger partial charge on any atom is -0.478 e. The Bertz CT molecular complexity index is 643. The van der Waals surface area contributed by atoms with Crippen molar-refractivity contribution in [3.05, 3.63) is 46.5 Å². The molecule has 0 unspecified atom stereocenters. The van der Waals surface area contributed by atoms with Gasteiger partial charge in [-0.2, -0.15) is 5.10 Å². The van der Waals surface area contributed by atoms with E-state index >= 15 is 0 Å². The van der Waals surface area contributed by atoms with Gasteiger partial charge in [0.2, 0.25) is 0 Å². The maximum absolute atomic E-state index is 13.1. The number of aromatic nitrogens is 2. The van der Waals surface area contributed by atoms with Crippen molar-refractivity contribution in [1.82, 2.24) is 9.78 Å². The molecule has 0 aliphatic heterocycles. The number of carbonyl (C=O) groups is 1. The predicted molar refractivity (Wildman–Crippen MR) is 60.4 cm³/mol. The Morgan fingerprint density at radius 2 is 2.11 bits per heavy atom. The highest BCUT2D eigenvalue weighted by molar-refractivity contribution is 6.33. The number of rotatable bonds is 3. The highest BCUT2D eigenvalue weighted by Crippen LogP contribution is 2.30. The molecule has 1 aromatic carbocycles. The summed E-state index contributed by atoms with van der Waals surface area (Å²) in [6, 6.07) is 4.83. The summed E-state index contributed by atoms with van der Waals surface area (Å²) in [5.41, 5.74) is -1.69. The summed E-state index contributed by atoms with van der Waals surface area (Å²) < 4.78 is 39.2. The van der Waals surface area contributed by atoms with Crippen LogP contribution in [-0.2, 0) is 0 Å². The number of nitrogens with zero attached hydrogens (tertiary/aromatic N) is 2. The lowest BCUT2D eigenvalue weighted by atomic mass is 10.2. The van der Waals surface area contributed by atoms with Gasteiger partial charge < -0.3 is 5.11 Å². The van der Waals surface area contributed by atoms with Gasteiger partial charge in [0.1, 0.15) is 22.2 Å². The lowest BCUT2D eigenvalue weighted by Gasteiger charge is -2.02. The second-order valence-corrected chi connectivity index (χ2v) is 3.91. The van der Waals surface area contributed by atoms with Crippen LogP contribution in [0.15, 0.2) is 24.3 Å². The number of halogens is 4. The number of benzene rings is 1. The van der Waals surface area contributed by atoms with Gasteiger partial charge in [0.05, 0.1) is 5.69 Å². The van der Waals surface area contributed by atoms with Gasteiger partial charge in [-0.3, -0.25) is 0 Å². The molecule has 0 saturated heterocycles. The molecule has 0 aliphatic rings. The number of alkyl halides is 2. The molecule has 100 valence electrons. The van der Waals surface area contributed by atoms with Crippen LogP contribution >= 0.6 is 11.6 Å². The van der Waals surface area contributed by atoms with Crippen molar-refractivity contribution < 1.29 is 23.1 Å². The van der Waals surface area contributed by atoms with E-state index in [1.807, 2.05) is 0 Å². The first kappa shape index (κ1) is 13.4. The van der Waals surface area contributed by atoms with Gasteiger partial charge in [-0.25, -0.2) is 22.6 Å². The van der Waals surface area contributed by atoms with Crippen molar-refractivity contribution in [2.45, 2.75) is 6.43 Å². The maximum atomic E-state index is 13.1. The molecule has 1 N–H and O–H groups in total. The molecular formula is C11H6ClF3N2O2. The van der Waals surface area contributed by atoms with Crippen LogP contribution in [0.3, 0.4) is 0 Å². The number of carboxylic acids is 1. The third-order valence-corrected chi connectivity index (χ3v) is 2.68. The SMILES string of the molecule is O=C(O)c1c(C(F)F)nn(-c2cccc(F)c2)c1Cl.